The molecule has 2 aromatic heterocycles. The number of pyridine rings is 1. The van der Waals surface area contributed by atoms with Gasteiger partial charge in [-0.15, -0.1) is 0 Å². The zero-order chi connectivity index (χ0) is 46.2. The highest BCUT2D eigenvalue weighted by molar-refractivity contribution is 6.11. The summed E-state index contributed by atoms with van der Waals surface area (Å²) in [5, 5.41) is 2.29. The number of benzene rings is 9. The minimum absolute atomic E-state index is 0.124. The zero-order valence-corrected chi connectivity index (χ0v) is 38.8. The van der Waals surface area contributed by atoms with Gasteiger partial charge in [-0.3, -0.25) is 4.57 Å². The molecule has 0 N–H and O–H groups in total. The SMILES string of the molecule is CC(C)(C)c1cc(-c2ccccc2)c2c(c1)-c1ccccc1-c1cccc(c1)-c1cccc(n1)-n1c3ccc(-c4ccccc4)cc3c3ccc(cc31)Oc1cccc(c1)N1CN2c2ccccc21. The van der Waals surface area contributed by atoms with Crippen molar-refractivity contribution in [1.29, 1.82) is 0 Å². The van der Waals surface area contributed by atoms with E-state index in [1.165, 1.54) is 44.6 Å². The van der Waals surface area contributed by atoms with E-state index in [9.17, 15) is 0 Å². The topological polar surface area (TPSA) is 33.5 Å². The molecule has 0 saturated carbocycles. The summed E-state index contributed by atoms with van der Waals surface area (Å²) in [7, 11) is 0. The van der Waals surface area contributed by atoms with Crippen molar-refractivity contribution in [2.75, 3.05) is 16.5 Å². The lowest BCUT2D eigenvalue weighted by Gasteiger charge is -2.31. The first kappa shape index (κ1) is 40.6. The molecule has 5 nitrogen and oxygen atoms in total. The van der Waals surface area contributed by atoms with E-state index in [-0.39, 0.29) is 5.41 Å². The van der Waals surface area contributed by atoms with Crippen LogP contribution in [0.25, 0.3) is 83.4 Å². The van der Waals surface area contributed by atoms with Gasteiger partial charge in [0.25, 0.3) is 0 Å². The summed E-state index contributed by atoms with van der Waals surface area (Å²) in [6.45, 7) is 7.54. The number of fused-ring (bicyclic) bond motifs is 23. The monoisotopic (exact) mass is 888 g/mol. The van der Waals surface area contributed by atoms with Crippen LogP contribution in [0.3, 0.4) is 0 Å². The molecule has 0 atom stereocenters. The van der Waals surface area contributed by atoms with Gasteiger partial charge in [0.2, 0.25) is 0 Å². The number of aromatic nitrogens is 2. The number of anilines is 4. The minimum atomic E-state index is -0.124. The molecule has 4 heterocycles. The van der Waals surface area contributed by atoms with Gasteiger partial charge in [0.15, 0.2) is 0 Å². The molecule has 0 amide bonds. The molecule has 0 unspecified atom stereocenters. The average molecular weight is 889 g/mol. The third kappa shape index (κ3) is 6.96. The van der Waals surface area contributed by atoms with Gasteiger partial charge in [-0.05, 0) is 123 Å². The van der Waals surface area contributed by atoms with Crippen LogP contribution >= 0.6 is 0 Å². The zero-order valence-electron chi connectivity index (χ0n) is 38.8. The summed E-state index contributed by atoms with van der Waals surface area (Å²) in [6, 6.07) is 81.1. The van der Waals surface area contributed by atoms with E-state index < -0.39 is 0 Å². The van der Waals surface area contributed by atoms with Gasteiger partial charge in [0.05, 0.1) is 33.8 Å². The predicted octanol–water partition coefficient (Wildman–Crippen LogP) is 17.2. The first-order valence-corrected chi connectivity index (χ1v) is 23.8. The van der Waals surface area contributed by atoms with Crippen LogP contribution in [-0.4, -0.2) is 16.2 Å². The van der Waals surface area contributed by atoms with Crippen LogP contribution in [0.15, 0.2) is 224 Å². The number of nitrogens with zero attached hydrogens (tertiary/aromatic N) is 4. The molecule has 5 heteroatoms. The van der Waals surface area contributed by atoms with Crippen molar-refractivity contribution in [2.24, 2.45) is 0 Å². The number of ether oxygens (including phenoxy) is 1. The molecule has 69 heavy (non-hydrogen) atoms. The van der Waals surface area contributed by atoms with Crippen LogP contribution in [0.5, 0.6) is 11.5 Å². The molecule has 10 bridgehead atoms. The Hall–Kier alpha value is -8.67. The Labute approximate surface area is 402 Å². The van der Waals surface area contributed by atoms with Crippen LogP contribution in [0.1, 0.15) is 26.3 Å². The summed E-state index contributed by atoms with van der Waals surface area (Å²) in [4.78, 5) is 10.4. The molecule has 330 valence electrons. The predicted molar refractivity (Wildman–Crippen MR) is 287 cm³/mol. The second kappa shape index (κ2) is 16.0. The summed E-state index contributed by atoms with van der Waals surface area (Å²) >= 11 is 0. The molecule has 11 aromatic rings. The van der Waals surface area contributed by atoms with Crippen LogP contribution in [0.4, 0.5) is 22.7 Å². The normalized spacial score (nSPS) is 12.9. The number of hydrogen-bond donors (Lipinski definition) is 0. The van der Waals surface area contributed by atoms with Crippen LogP contribution in [0, 0.1) is 0 Å². The lowest BCUT2D eigenvalue weighted by molar-refractivity contribution is 0.483. The smallest absolute Gasteiger partial charge is 0.138 e. The van der Waals surface area contributed by atoms with Crippen LogP contribution in [-0.2, 0) is 5.41 Å². The molecular formula is C64H48N4O. The number of hydrogen-bond acceptors (Lipinski definition) is 4. The van der Waals surface area contributed by atoms with E-state index in [4.69, 9.17) is 9.72 Å². The molecule has 9 aromatic carbocycles. The van der Waals surface area contributed by atoms with Gasteiger partial charge in [-0.25, -0.2) is 4.98 Å². The third-order valence-corrected chi connectivity index (χ3v) is 13.9. The molecular weight excluding hydrogens is 841 g/mol. The van der Waals surface area contributed by atoms with E-state index in [1.807, 2.05) is 0 Å². The van der Waals surface area contributed by atoms with E-state index in [2.05, 4.69) is 260 Å². The maximum atomic E-state index is 6.89. The standard InChI is InChI=1S/C64H48N4O/c1-64(2,3)47-37-54(43-19-8-5-9-20-43)63-56(38-47)52-26-11-10-25-51(52)45-21-14-22-46(35-45)57-27-16-30-62(65-57)68-58-34-31-44(42-17-6-4-7-18-42)36-55(58)53-33-32-50(40-61(53)68)69-49-24-15-23-48(39-49)66-41-67(63)60-29-13-12-28-59(60)66/h4-40H,41H2,1-3H3. The summed E-state index contributed by atoms with van der Waals surface area (Å²) in [5.74, 6) is 2.35. The third-order valence-electron chi connectivity index (χ3n) is 13.9. The maximum Gasteiger partial charge on any atom is 0.138 e. The Kier molecular flexibility index (Phi) is 9.41. The van der Waals surface area contributed by atoms with Crippen molar-refractivity contribution in [1.82, 2.24) is 9.55 Å². The molecule has 2 aliphatic heterocycles. The summed E-state index contributed by atoms with van der Waals surface area (Å²) < 4.78 is 9.18. The fourth-order valence-corrected chi connectivity index (χ4v) is 10.5. The van der Waals surface area contributed by atoms with Gasteiger partial charge in [0, 0.05) is 45.3 Å². The van der Waals surface area contributed by atoms with Crippen LogP contribution < -0.4 is 14.5 Å². The van der Waals surface area contributed by atoms with E-state index in [0.717, 1.165) is 78.6 Å². The molecule has 2 aliphatic rings. The van der Waals surface area contributed by atoms with E-state index >= 15 is 0 Å². The molecule has 0 radical (unpaired) electrons. The van der Waals surface area contributed by atoms with Gasteiger partial charge in [-0.1, -0.05) is 154 Å². The van der Waals surface area contributed by atoms with Crippen molar-refractivity contribution in [3.8, 4) is 73.1 Å². The largest absolute Gasteiger partial charge is 0.457 e. The molecule has 0 aliphatic carbocycles. The molecule has 0 saturated heterocycles. The van der Waals surface area contributed by atoms with Crippen LogP contribution in [0.2, 0.25) is 0 Å². The highest BCUT2D eigenvalue weighted by Gasteiger charge is 2.33. The number of para-hydroxylation sites is 2. The van der Waals surface area contributed by atoms with Gasteiger partial charge in [0.1, 0.15) is 24.0 Å². The fraction of sp³-hybridized carbons (Fsp3) is 0.0781. The van der Waals surface area contributed by atoms with Crippen molar-refractivity contribution in [2.45, 2.75) is 26.2 Å². The average Bonchev–Trinajstić information content (AvgIpc) is 3.94. The maximum absolute atomic E-state index is 6.89. The summed E-state index contributed by atoms with van der Waals surface area (Å²) in [5.41, 5.74) is 19.0. The lowest BCUT2D eigenvalue weighted by Crippen LogP contribution is -2.25. The summed E-state index contributed by atoms with van der Waals surface area (Å²) in [6.07, 6.45) is 0. The highest BCUT2D eigenvalue weighted by atomic mass is 16.5. The van der Waals surface area contributed by atoms with Crippen molar-refractivity contribution < 1.29 is 4.74 Å². The van der Waals surface area contributed by atoms with E-state index in [0.29, 0.717) is 6.67 Å². The van der Waals surface area contributed by atoms with E-state index in [1.54, 1.807) is 0 Å². The number of rotatable bonds is 2. The fourth-order valence-electron chi connectivity index (χ4n) is 10.5. The first-order valence-electron chi connectivity index (χ1n) is 23.8. The van der Waals surface area contributed by atoms with Crippen molar-refractivity contribution >= 4 is 44.6 Å². The Morgan fingerprint density at radius 1 is 0.420 bits per heavy atom. The molecule has 0 spiro atoms. The Balaban J connectivity index is 1.09. The minimum Gasteiger partial charge on any atom is -0.457 e. The first-order chi connectivity index (χ1) is 33.8. The molecule has 0 fully saturated rings. The lowest BCUT2D eigenvalue weighted by atomic mass is 9.81. The quantitative estimate of drug-likeness (QED) is 0.173. The second-order valence-corrected chi connectivity index (χ2v) is 19.2. The Morgan fingerprint density at radius 2 is 1.09 bits per heavy atom. The van der Waals surface area contributed by atoms with Gasteiger partial charge in [-0.2, -0.15) is 0 Å². The highest BCUT2D eigenvalue weighted by Crippen LogP contribution is 2.53. The van der Waals surface area contributed by atoms with Crippen molar-refractivity contribution in [3.05, 3.63) is 230 Å². The molecule has 13 rings (SSSR count). The Morgan fingerprint density at radius 3 is 1.90 bits per heavy atom. The van der Waals surface area contributed by atoms with Gasteiger partial charge >= 0.3 is 0 Å². The second-order valence-electron chi connectivity index (χ2n) is 19.2. The Bertz CT molecular complexity index is 3790. The van der Waals surface area contributed by atoms with Crippen molar-refractivity contribution in [3.63, 3.8) is 0 Å². The van der Waals surface area contributed by atoms with Gasteiger partial charge < -0.3 is 14.5 Å².